The van der Waals surface area contributed by atoms with Crippen LogP contribution in [-0.4, -0.2) is 17.6 Å². The van der Waals surface area contributed by atoms with Gasteiger partial charge in [-0.05, 0) is 9.94 Å². The van der Waals surface area contributed by atoms with E-state index in [9.17, 15) is 0 Å². The highest BCUT2D eigenvalue weighted by Gasteiger charge is 2.25. The SMILES string of the molecule is CC(C)(C)S/C=C(\SC(C)(C)C)[Si](C)(C)C. The molecular formula is C13H28S2Si. The van der Waals surface area contributed by atoms with Crippen LogP contribution in [0.2, 0.25) is 19.6 Å². The second-order valence-electron chi connectivity index (χ2n) is 7.18. The Hall–Kier alpha value is 0.657. The molecule has 0 saturated heterocycles. The van der Waals surface area contributed by atoms with E-state index in [-0.39, 0.29) is 0 Å². The highest BCUT2D eigenvalue weighted by Crippen LogP contribution is 2.39. The van der Waals surface area contributed by atoms with Gasteiger partial charge >= 0.3 is 0 Å². The molecule has 0 aromatic carbocycles. The van der Waals surface area contributed by atoms with E-state index in [0.29, 0.717) is 9.49 Å². The molecule has 0 radical (unpaired) electrons. The van der Waals surface area contributed by atoms with Gasteiger partial charge in [0.15, 0.2) is 0 Å². The molecule has 0 heterocycles. The van der Waals surface area contributed by atoms with Crippen LogP contribution in [0.15, 0.2) is 9.94 Å². The minimum Gasteiger partial charge on any atom is -0.129 e. The molecular weight excluding hydrogens is 248 g/mol. The van der Waals surface area contributed by atoms with Crippen LogP contribution in [0.25, 0.3) is 0 Å². The van der Waals surface area contributed by atoms with Gasteiger partial charge in [-0.25, -0.2) is 0 Å². The lowest BCUT2D eigenvalue weighted by Crippen LogP contribution is -2.25. The van der Waals surface area contributed by atoms with Crippen molar-refractivity contribution in [2.24, 2.45) is 0 Å². The third-order valence-corrected chi connectivity index (χ3v) is 7.81. The van der Waals surface area contributed by atoms with Crippen LogP contribution in [0.3, 0.4) is 0 Å². The van der Waals surface area contributed by atoms with Crippen LogP contribution < -0.4 is 0 Å². The van der Waals surface area contributed by atoms with Crippen molar-refractivity contribution in [2.45, 2.75) is 70.7 Å². The minimum absolute atomic E-state index is 0.323. The summed E-state index contributed by atoms with van der Waals surface area (Å²) in [5.74, 6) is 0. The minimum atomic E-state index is -1.19. The summed E-state index contributed by atoms with van der Waals surface area (Å²) in [6.45, 7) is 21.0. The Bertz CT molecular complexity index is 249. The molecule has 0 spiro atoms. The second kappa shape index (κ2) is 5.53. The van der Waals surface area contributed by atoms with Gasteiger partial charge in [0.1, 0.15) is 0 Å². The van der Waals surface area contributed by atoms with Gasteiger partial charge in [-0.2, -0.15) is 0 Å². The average Bonchev–Trinajstić information content (AvgIpc) is 1.91. The molecule has 0 aliphatic carbocycles. The summed E-state index contributed by atoms with van der Waals surface area (Å²) >= 11 is 4.01. The summed E-state index contributed by atoms with van der Waals surface area (Å²) in [6.07, 6.45) is 0. The predicted molar refractivity (Wildman–Crippen MR) is 86.1 cm³/mol. The first kappa shape index (κ1) is 16.7. The molecule has 0 aromatic heterocycles. The van der Waals surface area contributed by atoms with Crippen LogP contribution in [0.1, 0.15) is 41.5 Å². The fourth-order valence-electron chi connectivity index (χ4n) is 0.914. The van der Waals surface area contributed by atoms with Crippen molar-refractivity contribution in [2.75, 3.05) is 0 Å². The fourth-order valence-corrected chi connectivity index (χ4v) is 6.11. The third-order valence-electron chi connectivity index (χ3n) is 1.67. The summed E-state index contributed by atoms with van der Waals surface area (Å²) in [7, 11) is -1.19. The molecule has 0 aliphatic rings. The molecule has 0 N–H and O–H groups in total. The largest absolute Gasteiger partial charge is 0.129 e. The molecule has 3 heteroatoms. The topological polar surface area (TPSA) is 0 Å². The molecule has 0 nitrogen and oxygen atoms in total. The third kappa shape index (κ3) is 8.77. The van der Waals surface area contributed by atoms with Crippen molar-refractivity contribution in [1.82, 2.24) is 0 Å². The van der Waals surface area contributed by atoms with E-state index in [4.69, 9.17) is 0 Å². The van der Waals surface area contributed by atoms with Crippen LogP contribution >= 0.6 is 23.5 Å². The highest BCUT2D eigenvalue weighted by molar-refractivity contribution is 8.09. The maximum Gasteiger partial charge on any atom is 0.0864 e. The molecule has 16 heavy (non-hydrogen) atoms. The average molecular weight is 277 g/mol. The Labute approximate surface area is 112 Å². The van der Waals surface area contributed by atoms with Crippen molar-refractivity contribution < 1.29 is 0 Å². The molecule has 0 amide bonds. The maximum atomic E-state index is 2.43. The Morgan fingerprint density at radius 3 is 1.56 bits per heavy atom. The summed E-state index contributed by atoms with van der Waals surface area (Å²) in [6, 6.07) is 0. The zero-order valence-electron chi connectivity index (χ0n) is 12.4. The van der Waals surface area contributed by atoms with Gasteiger partial charge in [-0.1, -0.05) is 61.2 Å². The van der Waals surface area contributed by atoms with Gasteiger partial charge in [-0.3, -0.25) is 0 Å². The molecule has 0 rings (SSSR count). The van der Waals surface area contributed by atoms with Crippen LogP contribution in [-0.2, 0) is 0 Å². The molecule has 0 aromatic rings. The molecule has 0 atom stereocenters. The smallest absolute Gasteiger partial charge is 0.0864 e. The van der Waals surface area contributed by atoms with E-state index in [0.717, 1.165) is 0 Å². The number of thioether (sulfide) groups is 2. The van der Waals surface area contributed by atoms with Gasteiger partial charge in [0, 0.05) is 9.49 Å². The zero-order valence-corrected chi connectivity index (χ0v) is 15.0. The number of rotatable bonds is 3. The molecule has 0 unspecified atom stereocenters. The van der Waals surface area contributed by atoms with Gasteiger partial charge in [-0.15, -0.1) is 23.5 Å². The van der Waals surface area contributed by atoms with E-state index < -0.39 is 8.07 Å². The quantitative estimate of drug-likeness (QED) is 0.600. The fraction of sp³-hybridized carbons (Fsp3) is 0.846. The molecule has 0 bridgehead atoms. The van der Waals surface area contributed by atoms with Crippen molar-refractivity contribution >= 4 is 31.6 Å². The van der Waals surface area contributed by atoms with Crippen molar-refractivity contribution in [3.05, 3.63) is 9.94 Å². The highest BCUT2D eigenvalue weighted by atomic mass is 32.2. The summed E-state index contributed by atoms with van der Waals surface area (Å²) < 4.78 is 2.27. The Morgan fingerprint density at radius 2 is 1.31 bits per heavy atom. The predicted octanol–water partition coefficient (Wildman–Crippen LogP) is 5.77. The lowest BCUT2D eigenvalue weighted by Gasteiger charge is -2.28. The summed E-state index contributed by atoms with van der Waals surface area (Å²) in [5.41, 5.74) is 0. The van der Waals surface area contributed by atoms with Crippen LogP contribution in [0.4, 0.5) is 0 Å². The van der Waals surface area contributed by atoms with E-state index in [1.807, 2.05) is 11.8 Å². The standard InChI is InChI=1S/C13H28S2Si/c1-12(2,3)14-10-11(16(7,8)9)15-13(4,5)6/h10H,1-9H3/b11-10+. The van der Waals surface area contributed by atoms with E-state index >= 15 is 0 Å². The Kier molecular flexibility index (Phi) is 5.76. The lowest BCUT2D eigenvalue weighted by molar-refractivity contribution is 0.805. The zero-order chi connectivity index (χ0) is 13.2. The van der Waals surface area contributed by atoms with Crippen LogP contribution in [0, 0.1) is 0 Å². The Morgan fingerprint density at radius 1 is 0.875 bits per heavy atom. The first-order valence-electron chi connectivity index (χ1n) is 5.89. The first-order valence-corrected chi connectivity index (χ1v) is 11.1. The maximum absolute atomic E-state index is 2.43. The molecule has 96 valence electrons. The normalized spacial score (nSPS) is 15.4. The van der Waals surface area contributed by atoms with Gasteiger partial charge in [0.25, 0.3) is 0 Å². The first-order chi connectivity index (χ1) is 6.81. The van der Waals surface area contributed by atoms with E-state index in [1.54, 1.807) is 4.53 Å². The summed E-state index contributed by atoms with van der Waals surface area (Å²) in [5, 5.41) is 2.42. The van der Waals surface area contributed by atoms with Crippen molar-refractivity contribution in [1.29, 1.82) is 0 Å². The van der Waals surface area contributed by atoms with Crippen molar-refractivity contribution in [3.8, 4) is 0 Å². The van der Waals surface area contributed by atoms with Gasteiger partial charge in [0.05, 0.1) is 8.07 Å². The van der Waals surface area contributed by atoms with Gasteiger partial charge in [0.2, 0.25) is 0 Å². The van der Waals surface area contributed by atoms with Crippen LogP contribution in [0.5, 0.6) is 0 Å². The molecule has 0 aliphatic heterocycles. The summed E-state index contributed by atoms with van der Waals surface area (Å²) in [4.78, 5) is 0. The van der Waals surface area contributed by atoms with E-state index in [1.165, 1.54) is 0 Å². The number of hydrogen-bond donors (Lipinski definition) is 0. The molecule has 0 saturated carbocycles. The monoisotopic (exact) mass is 276 g/mol. The second-order valence-corrected chi connectivity index (χ2v) is 16.1. The van der Waals surface area contributed by atoms with Gasteiger partial charge < -0.3 is 0 Å². The number of hydrogen-bond acceptors (Lipinski definition) is 2. The van der Waals surface area contributed by atoms with E-state index in [2.05, 4.69) is 78.4 Å². The molecule has 0 fully saturated rings. The van der Waals surface area contributed by atoms with Crippen molar-refractivity contribution in [3.63, 3.8) is 0 Å². The lowest BCUT2D eigenvalue weighted by atomic mass is 10.3. The Balaban J connectivity index is 4.84.